The number of thioether (sulfide) groups is 1. The Morgan fingerprint density at radius 3 is 2.50 bits per heavy atom. The van der Waals surface area contributed by atoms with Crippen molar-refractivity contribution in [2.45, 2.75) is 37.8 Å². The van der Waals surface area contributed by atoms with Gasteiger partial charge in [0.2, 0.25) is 0 Å². The second-order valence-corrected chi connectivity index (χ2v) is 12.8. The minimum atomic E-state index is -0.658. The van der Waals surface area contributed by atoms with E-state index in [-0.39, 0.29) is 11.7 Å². The van der Waals surface area contributed by atoms with Crippen LogP contribution in [-0.4, -0.2) is 32.7 Å². The van der Waals surface area contributed by atoms with Crippen LogP contribution in [0.15, 0.2) is 104 Å². The molecule has 0 fully saturated rings. The van der Waals surface area contributed by atoms with Crippen molar-refractivity contribution in [2.75, 3.05) is 6.26 Å². The quantitative estimate of drug-likeness (QED) is 0.171. The fraction of sp³-hybridized carbons (Fsp3) is 0.188. The topological polar surface area (TPSA) is 78.5 Å². The Morgan fingerprint density at radius 1 is 1.07 bits per heavy atom. The molecule has 6 rings (SSSR count). The van der Waals surface area contributed by atoms with Crippen molar-refractivity contribution in [3.05, 3.63) is 120 Å². The van der Waals surface area contributed by atoms with Crippen LogP contribution in [0.5, 0.6) is 0 Å². The van der Waals surface area contributed by atoms with Gasteiger partial charge in [0, 0.05) is 16.7 Å². The van der Waals surface area contributed by atoms with Crippen LogP contribution >= 0.6 is 34.4 Å². The molecule has 1 aliphatic rings. The molecule has 7 nitrogen and oxygen atoms in total. The van der Waals surface area contributed by atoms with Gasteiger partial charge in [0.05, 0.1) is 38.5 Å². The highest BCUT2D eigenvalue weighted by Gasteiger charge is 2.33. The highest BCUT2D eigenvalue weighted by Crippen LogP contribution is 2.32. The van der Waals surface area contributed by atoms with Gasteiger partial charge in [-0.2, -0.15) is 5.10 Å². The molecule has 0 aliphatic carbocycles. The zero-order chi connectivity index (χ0) is 29.4. The molecule has 1 aliphatic heterocycles. The van der Waals surface area contributed by atoms with Crippen molar-refractivity contribution in [1.29, 1.82) is 0 Å². The number of nitrogens with zero attached hydrogens (tertiary/aromatic N) is 4. The van der Waals surface area contributed by atoms with Gasteiger partial charge in [-0.25, -0.2) is 14.5 Å². The molecule has 1 atom stereocenters. The Labute approximate surface area is 255 Å². The molecule has 0 bridgehead atoms. The molecule has 10 heteroatoms. The zero-order valence-corrected chi connectivity index (χ0v) is 25.9. The number of para-hydroxylation sites is 1. The van der Waals surface area contributed by atoms with E-state index in [1.54, 1.807) is 34.6 Å². The summed E-state index contributed by atoms with van der Waals surface area (Å²) >= 11 is 4.54. The summed E-state index contributed by atoms with van der Waals surface area (Å²) in [5, 5.41) is 6.89. The number of fused-ring (bicyclic) bond motifs is 1. The number of thiazole rings is 1. The van der Waals surface area contributed by atoms with E-state index in [2.05, 4.69) is 0 Å². The van der Waals surface area contributed by atoms with E-state index in [0.717, 1.165) is 32.3 Å². The first-order valence-corrected chi connectivity index (χ1v) is 16.3. The lowest BCUT2D eigenvalue weighted by Crippen LogP contribution is -2.40. The predicted molar refractivity (Wildman–Crippen MR) is 170 cm³/mol. The van der Waals surface area contributed by atoms with E-state index >= 15 is 0 Å². The molecule has 0 saturated carbocycles. The van der Waals surface area contributed by atoms with Gasteiger partial charge in [-0.15, -0.1) is 23.1 Å². The van der Waals surface area contributed by atoms with Crippen LogP contribution in [0.3, 0.4) is 0 Å². The first-order valence-electron chi connectivity index (χ1n) is 13.4. The number of thiophene rings is 1. The number of allylic oxidation sites excluding steroid dienone is 1. The second kappa shape index (κ2) is 11.7. The van der Waals surface area contributed by atoms with Gasteiger partial charge in [0.1, 0.15) is 5.69 Å². The SMILES string of the molecule is CSc1ccc(C2C(C(=O)OC(C)C)=C(C)N=c3sc(=Cc4cn(-c5ccccc5)nc4-c4cccs4)c(=O)n32)cc1. The molecule has 4 heterocycles. The number of aromatic nitrogens is 3. The molecule has 0 N–H and O–H groups in total. The third-order valence-corrected chi connectivity index (χ3v) is 9.42. The smallest absolute Gasteiger partial charge is 0.338 e. The van der Waals surface area contributed by atoms with Crippen LogP contribution in [0.1, 0.15) is 37.9 Å². The summed E-state index contributed by atoms with van der Waals surface area (Å²) in [6, 6.07) is 21.2. The highest BCUT2D eigenvalue weighted by molar-refractivity contribution is 7.98. The van der Waals surface area contributed by atoms with Gasteiger partial charge in [-0.05, 0) is 74.4 Å². The van der Waals surface area contributed by atoms with Crippen molar-refractivity contribution < 1.29 is 9.53 Å². The Hall–Kier alpha value is -3.99. The summed E-state index contributed by atoms with van der Waals surface area (Å²) in [6.45, 7) is 5.42. The van der Waals surface area contributed by atoms with Gasteiger partial charge in [-0.3, -0.25) is 9.36 Å². The lowest BCUT2D eigenvalue weighted by Gasteiger charge is -2.25. The van der Waals surface area contributed by atoms with Crippen LogP contribution in [0.4, 0.5) is 0 Å². The van der Waals surface area contributed by atoms with Crippen molar-refractivity contribution in [3.63, 3.8) is 0 Å². The zero-order valence-electron chi connectivity index (χ0n) is 23.5. The number of ether oxygens (including phenoxy) is 1. The molecule has 212 valence electrons. The second-order valence-electron chi connectivity index (χ2n) is 10.00. The monoisotopic (exact) mass is 612 g/mol. The summed E-state index contributed by atoms with van der Waals surface area (Å²) in [7, 11) is 0. The van der Waals surface area contributed by atoms with Gasteiger partial charge >= 0.3 is 5.97 Å². The summed E-state index contributed by atoms with van der Waals surface area (Å²) in [5.74, 6) is -0.469. The Kier molecular flexibility index (Phi) is 7.85. The van der Waals surface area contributed by atoms with E-state index in [1.165, 1.54) is 11.3 Å². The number of hydrogen-bond acceptors (Lipinski definition) is 8. The van der Waals surface area contributed by atoms with Crippen LogP contribution in [0, 0.1) is 0 Å². The molecule has 0 amide bonds. The Balaban J connectivity index is 1.54. The van der Waals surface area contributed by atoms with Gasteiger partial charge in [-0.1, -0.05) is 47.7 Å². The fourth-order valence-corrected chi connectivity index (χ4v) is 7.09. The number of benzene rings is 2. The number of hydrogen-bond donors (Lipinski definition) is 0. The van der Waals surface area contributed by atoms with Crippen molar-refractivity contribution in [2.24, 2.45) is 4.99 Å². The molecule has 5 aromatic rings. The molecule has 2 aromatic carbocycles. The highest BCUT2D eigenvalue weighted by atomic mass is 32.2. The minimum absolute atomic E-state index is 0.218. The van der Waals surface area contributed by atoms with E-state index in [0.29, 0.717) is 20.6 Å². The standard InChI is InChI=1S/C32H28N4O3S3/c1-19(2)39-31(38)27-20(3)33-32-36(29(27)21-12-14-24(40-4)15-13-21)30(37)26(42-32)17-22-18-35(23-9-6-5-7-10-23)34-28(22)25-11-8-16-41-25/h5-19,29H,1-4H3. The number of carbonyl (C=O) groups is 1. The third-order valence-electron chi connectivity index (χ3n) is 6.82. The summed E-state index contributed by atoms with van der Waals surface area (Å²) in [6.07, 6.45) is 5.53. The lowest BCUT2D eigenvalue weighted by molar-refractivity contribution is -0.143. The lowest BCUT2D eigenvalue weighted by atomic mass is 9.96. The third kappa shape index (κ3) is 5.33. The van der Waals surface area contributed by atoms with Crippen molar-refractivity contribution in [3.8, 4) is 16.3 Å². The van der Waals surface area contributed by atoms with E-state index < -0.39 is 12.0 Å². The molecule has 1 unspecified atom stereocenters. The maximum atomic E-state index is 14.2. The first-order chi connectivity index (χ1) is 20.3. The molecular weight excluding hydrogens is 585 g/mol. The van der Waals surface area contributed by atoms with Crippen LogP contribution in [0.25, 0.3) is 22.3 Å². The first kappa shape index (κ1) is 28.1. The van der Waals surface area contributed by atoms with E-state index in [4.69, 9.17) is 14.8 Å². The Bertz CT molecular complexity index is 1970. The average Bonchev–Trinajstić information content (AvgIpc) is 3.72. The van der Waals surface area contributed by atoms with Crippen molar-refractivity contribution >= 4 is 46.5 Å². The molecule has 0 spiro atoms. The molecule has 0 radical (unpaired) electrons. The number of esters is 1. The van der Waals surface area contributed by atoms with E-state index in [9.17, 15) is 9.59 Å². The van der Waals surface area contributed by atoms with Crippen LogP contribution in [0.2, 0.25) is 0 Å². The van der Waals surface area contributed by atoms with E-state index in [1.807, 2.05) is 109 Å². The molecule has 42 heavy (non-hydrogen) atoms. The van der Waals surface area contributed by atoms with Crippen molar-refractivity contribution in [1.82, 2.24) is 14.3 Å². The van der Waals surface area contributed by atoms with Gasteiger partial charge < -0.3 is 4.74 Å². The predicted octanol–water partition coefficient (Wildman–Crippen LogP) is 5.82. The fourth-order valence-electron chi connectivity index (χ4n) is 4.91. The number of carbonyl (C=O) groups excluding carboxylic acids is 1. The Morgan fingerprint density at radius 2 is 1.83 bits per heavy atom. The van der Waals surface area contributed by atoms with Gasteiger partial charge in [0.15, 0.2) is 4.80 Å². The minimum Gasteiger partial charge on any atom is -0.459 e. The molecule has 0 saturated heterocycles. The summed E-state index contributed by atoms with van der Waals surface area (Å²) in [5.41, 5.74) is 4.06. The average molecular weight is 613 g/mol. The molecular formula is C32H28N4O3S3. The van der Waals surface area contributed by atoms with Crippen LogP contribution < -0.4 is 14.9 Å². The largest absolute Gasteiger partial charge is 0.459 e. The van der Waals surface area contributed by atoms with Gasteiger partial charge in [0.25, 0.3) is 5.56 Å². The normalized spacial score (nSPS) is 15.2. The summed E-state index contributed by atoms with van der Waals surface area (Å²) < 4.78 is 9.59. The maximum absolute atomic E-state index is 14.2. The maximum Gasteiger partial charge on any atom is 0.338 e. The molecule has 3 aromatic heterocycles. The number of rotatable bonds is 7. The van der Waals surface area contributed by atoms with Crippen LogP contribution in [-0.2, 0) is 9.53 Å². The summed E-state index contributed by atoms with van der Waals surface area (Å²) in [4.78, 5) is 34.9.